The zero-order valence-electron chi connectivity index (χ0n) is 20.0. The minimum atomic E-state index is -0.685. The van der Waals surface area contributed by atoms with E-state index in [1.54, 1.807) is 36.3 Å². The van der Waals surface area contributed by atoms with E-state index >= 15 is 0 Å². The number of carbonyl (C=O) groups excluding carboxylic acids is 2. The lowest BCUT2D eigenvalue weighted by Crippen LogP contribution is -2.48. The predicted octanol–water partition coefficient (Wildman–Crippen LogP) is 4.14. The standard InChI is InChI=1S/C28H30N4O3/c1-4-9-18(2)16-24(29)31-27(33)25-20-11-5-6-12-21(20)28(34)32(14-15-35-3)26(25)22-17-30-23-13-8-7-10-19(22)23/h4-13,16-17,25-26,30H,1,14-15,29H2,2-3H3,(H,31,33)/b18-9-,24-16+. The predicted molar refractivity (Wildman–Crippen MR) is 138 cm³/mol. The zero-order chi connectivity index (χ0) is 24.9. The van der Waals surface area contributed by atoms with E-state index in [9.17, 15) is 9.59 Å². The van der Waals surface area contributed by atoms with E-state index in [1.165, 1.54) is 0 Å². The Balaban J connectivity index is 1.86. The Morgan fingerprint density at radius 2 is 1.94 bits per heavy atom. The Morgan fingerprint density at radius 3 is 2.71 bits per heavy atom. The molecule has 2 atom stereocenters. The van der Waals surface area contributed by atoms with Gasteiger partial charge in [0, 0.05) is 41.9 Å². The summed E-state index contributed by atoms with van der Waals surface area (Å²) in [4.78, 5) is 32.5. The average Bonchev–Trinajstić information content (AvgIpc) is 3.27. The van der Waals surface area contributed by atoms with Crippen LogP contribution in [0, 0.1) is 0 Å². The number of carbonyl (C=O) groups is 2. The fourth-order valence-corrected chi connectivity index (χ4v) is 4.73. The van der Waals surface area contributed by atoms with Crippen LogP contribution in [0.4, 0.5) is 0 Å². The summed E-state index contributed by atoms with van der Waals surface area (Å²) in [5, 5.41) is 3.81. The normalized spacial score (nSPS) is 18.5. The first-order chi connectivity index (χ1) is 17.0. The highest BCUT2D eigenvalue weighted by Gasteiger charge is 2.44. The maximum Gasteiger partial charge on any atom is 0.254 e. The molecule has 1 aliphatic rings. The van der Waals surface area contributed by atoms with Crippen LogP contribution < -0.4 is 11.1 Å². The number of methoxy groups -OCH3 is 1. The van der Waals surface area contributed by atoms with E-state index in [1.807, 2.05) is 55.6 Å². The van der Waals surface area contributed by atoms with Gasteiger partial charge in [0.05, 0.1) is 18.6 Å². The summed E-state index contributed by atoms with van der Waals surface area (Å²) < 4.78 is 5.32. The van der Waals surface area contributed by atoms with Crippen molar-refractivity contribution in [1.29, 1.82) is 0 Å². The van der Waals surface area contributed by atoms with Crippen LogP contribution in [0.5, 0.6) is 0 Å². The number of nitrogens with two attached hydrogens (primary N) is 1. The molecule has 4 N–H and O–H groups in total. The number of aromatic amines is 1. The number of ether oxygens (including phenoxy) is 1. The number of H-pyrrole nitrogens is 1. The summed E-state index contributed by atoms with van der Waals surface area (Å²) in [5.41, 5.74) is 10.0. The Morgan fingerprint density at radius 1 is 1.20 bits per heavy atom. The molecule has 2 unspecified atom stereocenters. The van der Waals surface area contributed by atoms with Crippen molar-refractivity contribution in [3.63, 3.8) is 0 Å². The fraction of sp³-hybridized carbons (Fsp3) is 0.214. The monoisotopic (exact) mass is 470 g/mol. The van der Waals surface area contributed by atoms with E-state index in [0.29, 0.717) is 24.3 Å². The number of aromatic nitrogens is 1. The number of hydrogen-bond donors (Lipinski definition) is 3. The summed E-state index contributed by atoms with van der Waals surface area (Å²) in [7, 11) is 1.60. The molecule has 1 aromatic heterocycles. The molecule has 2 aromatic carbocycles. The van der Waals surface area contributed by atoms with Gasteiger partial charge in [-0.2, -0.15) is 0 Å². The topological polar surface area (TPSA) is 100 Å². The highest BCUT2D eigenvalue weighted by molar-refractivity contribution is 6.02. The van der Waals surface area contributed by atoms with Gasteiger partial charge in [0.2, 0.25) is 5.91 Å². The Bertz CT molecular complexity index is 1320. The molecule has 0 aliphatic carbocycles. The quantitative estimate of drug-likeness (QED) is 0.431. The first kappa shape index (κ1) is 24.0. The van der Waals surface area contributed by atoms with Crippen molar-refractivity contribution < 1.29 is 14.3 Å². The van der Waals surface area contributed by atoms with Gasteiger partial charge in [0.1, 0.15) is 5.82 Å². The fourth-order valence-electron chi connectivity index (χ4n) is 4.73. The first-order valence-corrected chi connectivity index (χ1v) is 11.5. The number of nitrogens with zero attached hydrogens (tertiary/aromatic N) is 1. The van der Waals surface area contributed by atoms with Crippen LogP contribution in [0.2, 0.25) is 0 Å². The molecule has 1 aliphatic heterocycles. The second-order valence-corrected chi connectivity index (χ2v) is 8.53. The Hall–Kier alpha value is -4.10. The molecule has 0 saturated heterocycles. The van der Waals surface area contributed by atoms with Crippen molar-refractivity contribution in [1.82, 2.24) is 15.2 Å². The van der Waals surface area contributed by atoms with Gasteiger partial charge in [0.25, 0.3) is 5.91 Å². The van der Waals surface area contributed by atoms with Gasteiger partial charge in [-0.25, -0.2) is 0 Å². The van der Waals surface area contributed by atoms with E-state index in [0.717, 1.165) is 22.0 Å². The van der Waals surface area contributed by atoms with Crippen molar-refractivity contribution in [3.8, 4) is 0 Å². The van der Waals surface area contributed by atoms with E-state index in [-0.39, 0.29) is 17.6 Å². The third kappa shape index (κ3) is 4.76. The molecule has 0 bridgehead atoms. The number of nitrogens with one attached hydrogen (secondary N) is 2. The molecule has 0 saturated carbocycles. The van der Waals surface area contributed by atoms with E-state index < -0.39 is 12.0 Å². The van der Waals surface area contributed by atoms with Crippen molar-refractivity contribution in [3.05, 3.63) is 108 Å². The maximum absolute atomic E-state index is 13.8. The second-order valence-electron chi connectivity index (χ2n) is 8.53. The number of benzene rings is 2. The third-order valence-electron chi connectivity index (χ3n) is 6.23. The van der Waals surface area contributed by atoms with Crippen LogP contribution in [0.25, 0.3) is 10.9 Å². The molecule has 4 rings (SSSR count). The highest BCUT2D eigenvalue weighted by atomic mass is 16.5. The summed E-state index contributed by atoms with van der Waals surface area (Å²) in [5.74, 6) is -0.884. The van der Waals surface area contributed by atoms with Gasteiger partial charge < -0.3 is 25.7 Å². The van der Waals surface area contributed by atoms with Crippen molar-refractivity contribution in [2.75, 3.05) is 20.3 Å². The molecule has 35 heavy (non-hydrogen) atoms. The molecular weight excluding hydrogens is 440 g/mol. The van der Waals surface area contributed by atoms with Crippen LogP contribution in [-0.4, -0.2) is 42.0 Å². The summed E-state index contributed by atoms with van der Waals surface area (Å²) in [6.45, 7) is 6.24. The van der Waals surface area contributed by atoms with Gasteiger partial charge in [-0.1, -0.05) is 55.1 Å². The van der Waals surface area contributed by atoms with Crippen LogP contribution >= 0.6 is 0 Å². The molecule has 2 amide bonds. The molecule has 0 fully saturated rings. The molecule has 180 valence electrons. The lowest BCUT2D eigenvalue weighted by Gasteiger charge is -2.41. The number of hydrogen-bond acceptors (Lipinski definition) is 4. The van der Waals surface area contributed by atoms with Crippen LogP contribution in [-0.2, 0) is 9.53 Å². The van der Waals surface area contributed by atoms with Gasteiger partial charge in [-0.3, -0.25) is 9.59 Å². The lowest BCUT2D eigenvalue weighted by molar-refractivity contribution is -0.123. The molecule has 0 radical (unpaired) electrons. The molecular formula is C28H30N4O3. The zero-order valence-corrected chi connectivity index (χ0v) is 20.0. The van der Waals surface area contributed by atoms with Crippen molar-refractivity contribution >= 4 is 22.7 Å². The Kier molecular flexibility index (Phi) is 7.17. The molecule has 2 heterocycles. The largest absolute Gasteiger partial charge is 0.385 e. The molecule has 7 nitrogen and oxygen atoms in total. The smallest absolute Gasteiger partial charge is 0.254 e. The SMILES string of the molecule is C=C/C=C(C)\C=C(/N)NC(=O)C1c2ccccc2C(=O)N(CCOC)C1c1c[nH]c2ccccc12. The van der Waals surface area contributed by atoms with Gasteiger partial charge in [-0.15, -0.1) is 0 Å². The number of para-hydroxylation sites is 1. The molecule has 0 spiro atoms. The summed E-state index contributed by atoms with van der Waals surface area (Å²) >= 11 is 0. The number of amides is 2. The average molecular weight is 471 g/mol. The van der Waals surface area contributed by atoms with Crippen LogP contribution in [0.15, 0.2) is 90.9 Å². The number of allylic oxidation sites excluding steroid dienone is 4. The van der Waals surface area contributed by atoms with Crippen molar-refractivity contribution in [2.45, 2.75) is 18.9 Å². The Labute approximate surface area is 205 Å². The van der Waals surface area contributed by atoms with E-state index in [2.05, 4.69) is 16.9 Å². The number of fused-ring (bicyclic) bond motifs is 2. The summed E-state index contributed by atoms with van der Waals surface area (Å²) in [6.07, 6.45) is 7.02. The highest BCUT2D eigenvalue weighted by Crippen LogP contribution is 2.44. The minimum Gasteiger partial charge on any atom is -0.385 e. The molecule has 7 heteroatoms. The number of rotatable bonds is 8. The minimum absolute atomic E-state index is 0.134. The third-order valence-corrected chi connectivity index (χ3v) is 6.23. The van der Waals surface area contributed by atoms with Crippen LogP contribution in [0.1, 0.15) is 40.4 Å². The van der Waals surface area contributed by atoms with Gasteiger partial charge in [0.15, 0.2) is 0 Å². The van der Waals surface area contributed by atoms with Gasteiger partial charge >= 0.3 is 0 Å². The molecule has 3 aromatic rings. The first-order valence-electron chi connectivity index (χ1n) is 11.5. The van der Waals surface area contributed by atoms with Gasteiger partial charge in [-0.05, 0) is 36.3 Å². The summed E-state index contributed by atoms with van der Waals surface area (Å²) in [6, 6.07) is 14.6. The van der Waals surface area contributed by atoms with Crippen LogP contribution in [0.3, 0.4) is 0 Å². The lowest BCUT2D eigenvalue weighted by atomic mass is 9.79. The maximum atomic E-state index is 13.8. The van der Waals surface area contributed by atoms with E-state index in [4.69, 9.17) is 10.5 Å². The van der Waals surface area contributed by atoms with Crippen molar-refractivity contribution in [2.24, 2.45) is 5.73 Å². The second kappa shape index (κ2) is 10.4.